The number of aryl methyl sites for hydroxylation is 3. The molecule has 3 aromatic rings. The largest absolute Gasteiger partial charge is 0.340 e. The molecule has 0 fully saturated rings. The molecular weight excluding hydrogens is 310 g/mol. The van der Waals surface area contributed by atoms with Crippen LogP contribution in [-0.2, 0) is 0 Å². The van der Waals surface area contributed by atoms with Crippen molar-refractivity contribution in [2.75, 3.05) is 10.6 Å². The molecule has 0 radical (unpaired) electrons. The maximum Gasteiger partial charge on any atom is 0.229 e. The summed E-state index contributed by atoms with van der Waals surface area (Å²) in [5, 5.41) is 15.4. The Hall–Kier alpha value is -3.39. The molecule has 25 heavy (non-hydrogen) atoms. The second-order valence-electron chi connectivity index (χ2n) is 5.98. The summed E-state index contributed by atoms with van der Waals surface area (Å²) in [6.45, 7) is 6.03. The van der Waals surface area contributed by atoms with Gasteiger partial charge in [-0.15, -0.1) is 0 Å². The van der Waals surface area contributed by atoms with Gasteiger partial charge in [-0.05, 0) is 62.2 Å². The molecule has 0 aliphatic rings. The molecule has 0 saturated heterocycles. The van der Waals surface area contributed by atoms with Crippen LogP contribution in [0.25, 0.3) is 0 Å². The van der Waals surface area contributed by atoms with Crippen LogP contribution in [0.5, 0.6) is 0 Å². The van der Waals surface area contributed by atoms with E-state index >= 15 is 0 Å². The van der Waals surface area contributed by atoms with Gasteiger partial charge in [0.05, 0.1) is 11.6 Å². The van der Waals surface area contributed by atoms with Crippen molar-refractivity contribution < 1.29 is 0 Å². The van der Waals surface area contributed by atoms with E-state index in [0.29, 0.717) is 17.3 Å². The highest BCUT2D eigenvalue weighted by Gasteiger charge is 2.06. The molecule has 0 spiro atoms. The lowest BCUT2D eigenvalue weighted by Gasteiger charge is -2.12. The van der Waals surface area contributed by atoms with Crippen molar-refractivity contribution >= 4 is 23.1 Å². The van der Waals surface area contributed by atoms with Gasteiger partial charge in [0.15, 0.2) is 0 Å². The molecule has 2 N–H and O–H groups in total. The Labute approximate surface area is 147 Å². The topological polar surface area (TPSA) is 73.6 Å². The molecule has 2 aromatic carbocycles. The number of hydrogen-bond acceptors (Lipinski definition) is 5. The fourth-order valence-electron chi connectivity index (χ4n) is 2.46. The Morgan fingerprint density at radius 2 is 1.64 bits per heavy atom. The van der Waals surface area contributed by atoms with E-state index in [0.717, 1.165) is 22.6 Å². The van der Waals surface area contributed by atoms with E-state index in [-0.39, 0.29) is 0 Å². The molecule has 0 aliphatic carbocycles. The number of rotatable bonds is 4. The zero-order valence-corrected chi connectivity index (χ0v) is 14.5. The van der Waals surface area contributed by atoms with Crippen LogP contribution >= 0.6 is 0 Å². The van der Waals surface area contributed by atoms with Gasteiger partial charge in [-0.3, -0.25) is 0 Å². The molecule has 1 aromatic heterocycles. The maximum absolute atomic E-state index is 8.87. The van der Waals surface area contributed by atoms with Crippen molar-refractivity contribution in [3.63, 3.8) is 0 Å². The molecule has 1 heterocycles. The summed E-state index contributed by atoms with van der Waals surface area (Å²) < 4.78 is 0. The Balaban J connectivity index is 1.84. The molecular formula is C20H19N5. The summed E-state index contributed by atoms with van der Waals surface area (Å²) in [5.41, 5.74) is 5.67. The van der Waals surface area contributed by atoms with E-state index < -0.39 is 0 Å². The first-order valence-corrected chi connectivity index (χ1v) is 8.00. The highest BCUT2D eigenvalue weighted by atomic mass is 15.1. The highest BCUT2D eigenvalue weighted by molar-refractivity contribution is 5.63. The van der Waals surface area contributed by atoms with E-state index in [1.807, 2.05) is 32.0 Å². The Morgan fingerprint density at radius 3 is 2.36 bits per heavy atom. The minimum atomic E-state index is 0.546. The van der Waals surface area contributed by atoms with Gasteiger partial charge in [-0.1, -0.05) is 12.1 Å². The fraction of sp³-hybridized carbons (Fsp3) is 0.150. The summed E-state index contributed by atoms with van der Waals surface area (Å²) in [4.78, 5) is 9.00. The van der Waals surface area contributed by atoms with Crippen LogP contribution in [0, 0.1) is 32.1 Å². The Bertz CT molecular complexity index is 939. The van der Waals surface area contributed by atoms with Gasteiger partial charge >= 0.3 is 0 Å². The SMILES string of the molecule is Cc1ccc(C)c(Nc2nc(C)cc(Nc3ccc(C#N)cc3)n2)c1. The summed E-state index contributed by atoms with van der Waals surface area (Å²) in [7, 11) is 0. The van der Waals surface area contributed by atoms with Gasteiger partial charge in [0.1, 0.15) is 5.82 Å². The number of aromatic nitrogens is 2. The maximum atomic E-state index is 8.87. The van der Waals surface area contributed by atoms with Crippen molar-refractivity contribution in [1.29, 1.82) is 5.26 Å². The number of nitrogens with zero attached hydrogens (tertiary/aromatic N) is 3. The molecule has 0 atom stereocenters. The molecule has 0 unspecified atom stereocenters. The summed E-state index contributed by atoms with van der Waals surface area (Å²) in [6, 6.07) is 17.5. The van der Waals surface area contributed by atoms with Crippen LogP contribution in [-0.4, -0.2) is 9.97 Å². The van der Waals surface area contributed by atoms with Crippen molar-refractivity contribution in [2.45, 2.75) is 20.8 Å². The molecule has 0 saturated carbocycles. The van der Waals surface area contributed by atoms with Crippen molar-refractivity contribution in [1.82, 2.24) is 9.97 Å². The predicted molar refractivity (Wildman–Crippen MR) is 100 cm³/mol. The highest BCUT2D eigenvalue weighted by Crippen LogP contribution is 2.22. The van der Waals surface area contributed by atoms with E-state index in [9.17, 15) is 0 Å². The lowest BCUT2D eigenvalue weighted by Crippen LogP contribution is -2.03. The molecule has 0 aliphatic heterocycles. The first kappa shape index (κ1) is 16.5. The summed E-state index contributed by atoms with van der Waals surface area (Å²) in [6.07, 6.45) is 0. The van der Waals surface area contributed by atoms with Gasteiger partial charge in [-0.2, -0.15) is 10.2 Å². The molecule has 3 rings (SSSR count). The average Bonchev–Trinajstić information content (AvgIpc) is 2.58. The van der Waals surface area contributed by atoms with Crippen LogP contribution in [0.4, 0.5) is 23.1 Å². The van der Waals surface area contributed by atoms with Crippen molar-refractivity contribution in [2.24, 2.45) is 0 Å². The average molecular weight is 329 g/mol. The lowest BCUT2D eigenvalue weighted by atomic mass is 10.1. The predicted octanol–water partition coefficient (Wildman–Crippen LogP) is 4.76. The zero-order chi connectivity index (χ0) is 17.8. The van der Waals surface area contributed by atoms with E-state index in [2.05, 4.69) is 51.8 Å². The van der Waals surface area contributed by atoms with Crippen molar-refractivity contribution in [3.8, 4) is 6.07 Å². The Kier molecular flexibility index (Phi) is 4.62. The van der Waals surface area contributed by atoms with Crippen molar-refractivity contribution in [3.05, 3.63) is 70.9 Å². The van der Waals surface area contributed by atoms with E-state index in [1.165, 1.54) is 5.56 Å². The minimum absolute atomic E-state index is 0.546. The van der Waals surface area contributed by atoms with Crippen LogP contribution in [0.2, 0.25) is 0 Å². The van der Waals surface area contributed by atoms with E-state index in [1.54, 1.807) is 12.1 Å². The van der Waals surface area contributed by atoms with Gasteiger partial charge < -0.3 is 10.6 Å². The van der Waals surface area contributed by atoms with E-state index in [4.69, 9.17) is 5.26 Å². The van der Waals surface area contributed by atoms with Crippen LogP contribution in [0.15, 0.2) is 48.5 Å². The quantitative estimate of drug-likeness (QED) is 0.722. The summed E-state index contributed by atoms with van der Waals surface area (Å²) >= 11 is 0. The third-order valence-corrected chi connectivity index (χ3v) is 3.78. The standard InChI is InChI=1S/C20H19N5/c1-13-4-5-14(2)18(10-13)24-20-22-15(3)11-19(25-20)23-17-8-6-16(12-21)7-9-17/h4-11H,1-3H3,(H2,22,23,24,25). The lowest BCUT2D eigenvalue weighted by molar-refractivity contribution is 1.10. The van der Waals surface area contributed by atoms with Crippen LogP contribution in [0.3, 0.4) is 0 Å². The van der Waals surface area contributed by atoms with Gasteiger partial charge in [-0.25, -0.2) is 4.98 Å². The normalized spacial score (nSPS) is 10.2. The monoisotopic (exact) mass is 329 g/mol. The first-order chi connectivity index (χ1) is 12.0. The fourth-order valence-corrected chi connectivity index (χ4v) is 2.46. The summed E-state index contributed by atoms with van der Waals surface area (Å²) in [5.74, 6) is 1.25. The number of benzene rings is 2. The number of anilines is 4. The smallest absolute Gasteiger partial charge is 0.229 e. The minimum Gasteiger partial charge on any atom is -0.340 e. The first-order valence-electron chi connectivity index (χ1n) is 8.00. The number of nitrogens with one attached hydrogen (secondary N) is 2. The van der Waals surface area contributed by atoms with Crippen LogP contribution in [0.1, 0.15) is 22.4 Å². The van der Waals surface area contributed by atoms with Gasteiger partial charge in [0.25, 0.3) is 0 Å². The second kappa shape index (κ2) is 7.02. The van der Waals surface area contributed by atoms with Gasteiger partial charge in [0.2, 0.25) is 5.95 Å². The molecule has 5 nitrogen and oxygen atoms in total. The third kappa shape index (κ3) is 4.12. The molecule has 0 bridgehead atoms. The number of nitriles is 1. The molecule has 124 valence electrons. The van der Waals surface area contributed by atoms with Gasteiger partial charge in [0, 0.05) is 23.1 Å². The number of hydrogen-bond donors (Lipinski definition) is 2. The third-order valence-electron chi connectivity index (χ3n) is 3.78. The molecule has 0 amide bonds. The zero-order valence-electron chi connectivity index (χ0n) is 14.5. The Morgan fingerprint density at radius 1 is 0.880 bits per heavy atom. The second-order valence-corrected chi connectivity index (χ2v) is 5.98. The van der Waals surface area contributed by atoms with Crippen LogP contribution < -0.4 is 10.6 Å². The molecule has 5 heteroatoms.